The van der Waals surface area contributed by atoms with Crippen LogP contribution in [0.2, 0.25) is 0 Å². The van der Waals surface area contributed by atoms with Gasteiger partial charge in [-0.05, 0) is 30.5 Å². The first kappa shape index (κ1) is 15.1. The lowest BCUT2D eigenvalue weighted by molar-refractivity contribution is 0.373. The second-order valence-electron chi connectivity index (χ2n) is 4.30. The summed E-state index contributed by atoms with van der Waals surface area (Å²) >= 11 is 0. The molecular formula is C14H23N3O2. The van der Waals surface area contributed by atoms with E-state index in [1.54, 1.807) is 6.07 Å². The number of nitrogens with one attached hydrogen (secondary N) is 1. The van der Waals surface area contributed by atoms with Crippen LogP contribution in [0, 0.1) is 0 Å². The number of unbranched alkanes of at least 4 members (excludes halogenated alkanes) is 1. The van der Waals surface area contributed by atoms with Gasteiger partial charge in [-0.3, -0.25) is 4.99 Å². The van der Waals surface area contributed by atoms with Crippen LogP contribution in [0.3, 0.4) is 0 Å². The second-order valence-corrected chi connectivity index (χ2v) is 4.30. The van der Waals surface area contributed by atoms with Gasteiger partial charge >= 0.3 is 0 Å². The van der Waals surface area contributed by atoms with Gasteiger partial charge in [0.2, 0.25) is 0 Å². The largest absolute Gasteiger partial charge is 0.504 e. The Morgan fingerprint density at radius 1 is 1.47 bits per heavy atom. The third-order valence-corrected chi connectivity index (χ3v) is 2.76. The lowest BCUT2D eigenvalue weighted by Gasteiger charge is -2.08. The summed E-state index contributed by atoms with van der Waals surface area (Å²) in [4.78, 5) is 4.21. The zero-order valence-electron chi connectivity index (χ0n) is 11.6. The molecule has 0 unspecified atom stereocenters. The van der Waals surface area contributed by atoms with Gasteiger partial charge in [0.15, 0.2) is 17.5 Å². The maximum Gasteiger partial charge on any atom is 0.188 e. The molecule has 0 heterocycles. The fraction of sp³-hybridized carbons (Fsp3) is 0.500. The number of hydrogen-bond donors (Lipinski definition) is 3. The summed E-state index contributed by atoms with van der Waals surface area (Å²) in [6.07, 6.45) is 2.96. The summed E-state index contributed by atoms with van der Waals surface area (Å²) in [7, 11) is 1.54. The Bertz CT molecular complexity index is 419. The second kappa shape index (κ2) is 8.24. The average molecular weight is 265 g/mol. The number of phenolic OH excluding ortho intramolecular Hbond substituents is 1. The van der Waals surface area contributed by atoms with E-state index in [0.717, 1.165) is 31.4 Å². The van der Waals surface area contributed by atoms with Gasteiger partial charge in [0, 0.05) is 13.1 Å². The van der Waals surface area contributed by atoms with E-state index in [9.17, 15) is 5.11 Å². The van der Waals surface area contributed by atoms with E-state index in [0.29, 0.717) is 18.3 Å². The van der Waals surface area contributed by atoms with Crippen molar-refractivity contribution in [2.24, 2.45) is 10.7 Å². The number of phenols is 1. The van der Waals surface area contributed by atoms with E-state index >= 15 is 0 Å². The zero-order valence-corrected chi connectivity index (χ0v) is 11.6. The van der Waals surface area contributed by atoms with Gasteiger partial charge in [-0.15, -0.1) is 0 Å². The number of nitrogens with two attached hydrogens (primary N) is 1. The normalized spacial score (nSPS) is 11.4. The lowest BCUT2D eigenvalue weighted by Crippen LogP contribution is -2.33. The SMILES string of the molecule is CCCCN=C(N)NCCc1ccc(O)c(OC)c1. The maximum absolute atomic E-state index is 9.49. The molecule has 4 N–H and O–H groups in total. The van der Waals surface area contributed by atoms with Crippen molar-refractivity contribution in [3.05, 3.63) is 23.8 Å². The number of ether oxygens (including phenoxy) is 1. The molecule has 0 amide bonds. The Hall–Kier alpha value is -1.91. The van der Waals surface area contributed by atoms with Crippen LogP contribution in [0.25, 0.3) is 0 Å². The van der Waals surface area contributed by atoms with Crippen LogP contribution in [-0.4, -0.2) is 31.3 Å². The molecule has 0 saturated carbocycles. The van der Waals surface area contributed by atoms with Crippen LogP contribution in [0.5, 0.6) is 11.5 Å². The Morgan fingerprint density at radius 2 is 2.26 bits per heavy atom. The lowest BCUT2D eigenvalue weighted by atomic mass is 10.1. The van der Waals surface area contributed by atoms with Crippen LogP contribution in [-0.2, 0) is 6.42 Å². The molecule has 0 aromatic heterocycles. The summed E-state index contributed by atoms with van der Waals surface area (Å²) in [5, 5.41) is 12.6. The molecule has 0 aliphatic heterocycles. The highest BCUT2D eigenvalue weighted by molar-refractivity contribution is 5.77. The number of rotatable bonds is 7. The number of hydrogen-bond acceptors (Lipinski definition) is 3. The molecule has 19 heavy (non-hydrogen) atoms. The molecule has 1 aromatic rings. The van der Waals surface area contributed by atoms with Gasteiger partial charge in [0.05, 0.1) is 7.11 Å². The predicted molar refractivity (Wildman–Crippen MR) is 77.8 cm³/mol. The number of methoxy groups -OCH3 is 1. The van der Waals surface area contributed by atoms with Crippen LogP contribution >= 0.6 is 0 Å². The number of aromatic hydroxyl groups is 1. The van der Waals surface area contributed by atoms with Gasteiger partial charge in [-0.1, -0.05) is 19.4 Å². The molecule has 0 aliphatic carbocycles. The standard InChI is InChI=1S/C14H23N3O2/c1-3-4-8-16-14(15)17-9-7-11-5-6-12(18)13(10-11)19-2/h5-6,10,18H,3-4,7-9H2,1-2H3,(H3,15,16,17). The van der Waals surface area contributed by atoms with Crippen molar-refractivity contribution in [3.8, 4) is 11.5 Å². The van der Waals surface area contributed by atoms with Crippen molar-refractivity contribution in [2.75, 3.05) is 20.2 Å². The third kappa shape index (κ3) is 5.50. The molecule has 0 spiro atoms. The van der Waals surface area contributed by atoms with E-state index in [2.05, 4.69) is 17.2 Å². The van der Waals surface area contributed by atoms with E-state index in [1.165, 1.54) is 7.11 Å². The van der Waals surface area contributed by atoms with Gasteiger partial charge in [-0.25, -0.2) is 0 Å². The summed E-state index contributed by atoms with van der Waals surface area (Å²) in [6, 6.07) is 5.32. The van der Waals surface area contributed by atoms with E-state index in [4.69, 9.17) is 10.5 Å². The third-order valence-electron chi connectivity index (χ3n) is 2.76. The average Bonchev–Trinajstić information content (AvgIpc) is 2.41. The zero-order chi connectivity index (χ0) is 14.1. The minimum absolute atomic E-state index is 0.153. The number of nitrogens with zero attached hydrogens (tertiary/aromatic N) is 1. The first-order chi connectivity index (χ1) is 9.17. The molecule has 0 bridgehead atoms. The molecule has 5 nitrogen and oxygen atoms in total. The van der Waals surface area contributed by atoms with Gasteiger partial charge in [-0.2, -0.15) is 0 Å². The Balaban J connectivity index is 2.38. The topological polar surface area (TPSA) is 79.9 Å². The summed E-state index contributed by atoms with van der Waals surface area (Å²) in [5.74, 6) is 1.13. The fourth-order valence-electron chi connectivity index (χ4n) is 1.63. The first-order valence-corrected chi connectivity index (χ1v) is 6.57. The predicted octanol–water partition coefficient (Wildman–Crippen LogP) is 1.65. The van der Waals surface area contributed by atoms with Crippen molar-refractivity contribution in [1.29, 1.82) is 0 Å². The van der Waals surface area contributed by atoms with Crippen molar-refractivity contribution in [1.82, 2.24) is 5.32 Å². The van der Waals surface area contributed by atoms with Crippen LogP contribution in [0.15, 0.2) is 23.2 Å². The van der Waals surface area contributed by atoms with E-state index in [1.807, 2.05) is 12.1 Å². The van der Waals surface area contributed by atoms with Crippen molar-refractivity contribution in [3.63, 3.8) is 0 Å². The van der Waals surface area contributed by atoms with Gasteiger partial charge in [0.1, 0.15) is 0 Å². The number of aliphatic imine (C=N–C) groups is 1. The number of benzene rings is 1. The Kier molecular flexibility index (Phi) is 6.57. The molecule has 1 aromatic carbocycles. The van der Waals surface area contributed by atoms with E-state index in [-0.39, 0.29) is 5.75 Å². The highest BCUT2D eigenvalue weighted by atomic mass is 16.5. The molecule has 1 rings (SSSR count). The van der Waals surface area contributed by atoms with Gasteiger partial charge in [0.25, 0.3) is 0 Å². The summed E-state index contributed by atoms with van der Waals surface area (Å²) in [6.45, 7) is 3.59. The quantitative estimate of drug-likeness (QED) is 0.398. The molecule has 5 heteroatoms. The Morgan fingerprint density at radius 3 is 2.95 bits per heavy atom. The first-order valence-electron chi connectivity index (χ1n) is 6.57. The molecule has 106 valence electrons. The van der Waals surface area contributed by atoms with Crippen LogP contribution < -0.4 is 15.8 Å². The van der Waals surface area contributed by atoms with Crippen molar-refractivity contribution >= 4 is 5.96 Å². The smallest absolute Gasteiger partial charge is 0.188 e. The molecule has 0 fully saturated rings. The van der Waals surface area contributed by atoms with Gasteiger partial charge < -0.3 is 20.9 Å². The molecule has 0 radical (unpaired) electrons. The van der Waals surface area contributed by atoms with Crippen LogP contribution in [0.1, 0.15) is 25.3 Å². The Labute approximate surface area is 114 Å². The maximum atomic E-state index is 9.49. The minimum atomic E-state index is 0.153. The molecule has 0 atom stereocenters. The van der Waals surface area contributed by atoms with E-state index < -0.39 is 0 Å². The minimum Gasteiger partial charge on any atom is -0.504 e. The summed E-state index contributed by atoms with van der Waals surface area (Å²) in [5.41, 5.74) is 6.81. The highest BCUT2D eigenvalue weighted by Gasteiger charge is 2.02. The molecular weight excluding hydrogens is 242 g/mol. The summed E-state index contributed by atoms with van der Waals surface area (Å²) < 4.78 is 5.06. The van der Waals surface area contributed by atoms with Crippen molar-refractivity contribution < 1.29 is 9.84 Å². The van der Waals surface area contributed by atoms with Crippen LogP contribution in [0.4, 0.5) is 0 Å². The molecule has 0 saturated heterocycles. The molecule has 0 aliphatic rings. The highest BCUT2D eigenvalue weighted by Crippen LogP contribution is 2.26. The number of guanidine groups is 1. The fourth-order valence-corrected chi connectivity index (χ4v) is 1.63. The monoisotopic (exact) mass is 265 g/mol. The van der Waals surface area contributed by atoms with Crippen molar-refractivity contribution in [2.45, 2.75) is 26.2 Å².